The van der Waals surface area contributed by atoms with Crippen LogP contribution in [0.1, 0.15) is 42.7 Å². The molecule has 0 spiro atoms. The van der Waals surface area contributed by atoms with Crippen LogP contribution in [0.15, 0.2) is 24.3 Å². The molecule has 1 aliphatic heterocycles. The van der Waals surface area contributed by atoms with Crippen LogP contribution >= 0.6 is 0 Å². The molecule has 1 saturated carbocycles. The molecule has 0 aromatic heterocycles. The van der Waals surface area contributed by atoms with Gasteiger partial charge in [-0.2, -0.15) is 0 Å². The average Bonchev–Trinajstić information content (AvgIpc) is 2.35. The summed E-state index contributed by atoms with van der Waals surface area (Å²) in [6.45, 7) is 2.11. The molecule has 106 valence electrons. The van der Waals surface area contributed by atoms with Gasteiger partial charge in [0.25, 0.3) is 0 Å². The number of hydrogen-bond acceptors (Lipinski definition) is 3. The second kappa shape index (κ2) is 5.37. The van der Waals surface area contributed by atoms with Crippen molar-refractivity contribution in [3.05, 3.63) is 35.4 Å². The molecule has 2 aliphatic rings. The van der Waals surface area contributed by atoms with Gasteiger partial charge in [-0.25, -0.2) is 0 Å². The highest BCUT2D eigenvalue weighted by molar-refractivity contribution is 6.00. The predicted octanol–water partition coefficient (Wildman–Crippen LogP) is 1.64. The molecule has 4 nitrogen and oxygen atoms in total. The van der Waals surface area contributed by atoms with Gasteiger partial charge >= 0.3 is 0 Å². The van der Waals surface area contributed by atoms with E-state index in [9.17, 15) is 9.59 Å². The molecule has 4 heteroatoms. The minimum absolute atomic E-state index is 0.153. The first-order chi connectivity index (χ1) is 9.61. The lowest BCUT2D eigenvalue weighted by atomic mass is 9.75. The number of nitrogens with one attached hydrogen (secondary N) is 2. The largest absolute Gasteiger partial charge is 0.303 e. The van der Waals surface area contributed by atoms with Gasteiger partial charge in [0.05, 0.1) is 6.04 Å². The van der Waals surface area contributed by atoms with Gasteiger partial charge in [-0.15, -0.1) is 0 Å². The third-order valence-corrected chi connectivity index (χ3v) is 4.33. The van der Waals surface area contributed by atoms with Crippen molar-refractivity contribution in [3.8, 4) is 0 Å². The van der Waals surface area contributed by atoms with Gasteiger partial charge in [0.1, 0.15) is 0 Å². The molecule has 1 unspecified atom stereocenters. The first kappa shape index (κ1) is 13.3. The average molecular weight is 272 g/mol. The molecule has 2 N–H and O–H groups in total. The summed E-state index contributed by atoms with van der Waals surface area (Å²) in [6, 6.07) is 8.83. The van der Waals surface area contributed by atoms with Crippen molar-refractivity contribution >= 4 is 11.8 Å². The minimum atomic E-state index is -0.198. The zero-order chi connectivity index (χ0) is 14.1. The Kier molecular flexibility index (Phi) is 3.57. The smallest absolute Gasteiger partial charge is 0.243 e. The molecule has 1 aromatic carbocycles. The maximum Gasteiger partial charge on any atom is 0.243 e. The monoisotopic (exact) mass is 272 g/mol. The molecule has 1 aromatic rings. The number of hydrogen-bond donors (Lipinski definition) is 2. The van der Waals surface area contributed by atoms with Crippen molar-refractivity contribution in [3.63, 3.8) is 0 Å². The third-order valence-electron chi connectivity index (χ3n) is 4.33. The molecule has 0 radical (unpaired) electrons. The van der Waals surface area contributed by atoms with Crippen molar-refractivity contribution in [1.82, 2.24) is 10.6 Å². The van der Waals surface area contributed by atoms with Crippen LogP contribution < -0.4 is 10.6 Å². The highest BCUT2D eigenvalue weighted by atomic mass is 16.2. The van der Waals surface area contributed by atoms with E-state index in [-0.39, 0.29) is 17.9 Å². The second-order valence-electron chi connectivity index (χ2n) is 5.95. The van der Waals surface area contributed by atoms with E-state index in [4.69, 9.17) is 0 Å². The standard InChI is InChI=1S/C16H20N2O2/c1-10-3-2-4-11(7-10)12-8-13(9-12)17-14-5-6-15(19)18-16(14)20/h2-4,7,12-14,17H,5-6,8-9H2,1H3,(H,18,19,20). The van der Waals surface area contributed by atoms with Crippen molar-refractivity contribution in [1.29, 1.82) is 0 Å². The Morgan fingerprint density at radius 2 is 2.05 bits per heavy atom. The third kappa shape index (κ3) is 2.75. The van der Waals surface area contributed by atoms with Gasteiger partial charge < -0.3 is 5.32 Å². The molecule has 2 fully saturated rings. The minimum Gasteiger partial charge on any atom is -0.303 e. The first-order valence-corrected chi connectivity index (χ1v) is 7.28. The number of aryl methyl sites for hydroxylation is 1. The molecule has 20 heavy (non-hydrogen) atoms. The van der Waals surface area contributed by atoms with Crippen molar-refractivity contribution in [2.24, 2.45) is 0 Å². The molecule has 1 heterocycles. The SMILES string of the molecule is Cc1cccc(C2CC(NC3CCC(=O)NC3=O)C2)c1. The molecule has 3 rings (SSSR count). The van der Waals surface area contributed by atoms with Crippen LogP contribution in [0.2, 0.25) is 0 Å². The van der Waals surface area contributed by atoms with Crippen molar-refractivity contribution < 1.29 is 9.59 Å². The van der Waals surface area contributed by atoms with Gasteiger partial charge in [0.2, 0.25) is 11.8 Å². The van der Waals surface area contributed by atoms with E-state index >= 15 is 0 Å². The summed E-state index contributed by atoms with van der Waals surface area (Å²) in [4.78, 5) is 22.8. The Balaban J connectivity index is 1.51. The van der Waals surface area contributed by atoms with Crippen LogP contribution in [0, 0.1) is 6.92 Å². The van der Waals surface area contributed by atoms with Crippen LogP contribution in [-0.2, 0) is 9.59 Å². The quantitative estimate of drug-likeness (QED) is 0.822. The summed E-state index contributed by atoms with van der Waals surface area (Å²) in [5, 5.41) is 5.77. The number of imide groups is 1. The zero-order valence-electron chi connectivity index (χ0n) is 11.7. The Morgan fingerprint density at radius 3 is 2.75 bits per heavy atom. The van der Waals surface area contributed by atoms with E-state index < -0.39 is 0 Å². The number of benzene rings is 1. The maximum absolute atomic E-state index is 11.7. The molecule has 1 atom stereocenters. The Morgan fingerprint density at radius 1 is 1.25 bits per heavy atom. The predicted molar refractivity (Wildman–Crippen MR) is 76.2 cm³/mol. The van der Waals surface area contributed by atoms with E-state index in [1.54, 1.807) is 0 Å². The molecule has 1 saturated heterocycles. The number of piperidine rings is 1. The van der Waals surface area contributed by atoms with Crippen molar-refractivity contribution in [2.75, 3.05) is 0 Å². The highest BCUT2D eigenvalue weighted by Gasteiger charge is 2.35. The fourth-order valence-corrected chi connectivity index (χ4v) is 3.09. The summed E-state index contributed by atoms with van der Waals surface area (Å²) < 4.78 is 0. The fourth-order valence-electron chi connectivity index (χ4n) is 3.09. The van der Waals surface area contributed by atoms with Gasteiger partial charge in [-0.05, 0) is 37.7 Å². The van der Waals surface area contributed by atoms with Crippen LogP contribution in [-0.4, -0.2) is 23.9 Å². The van der Waals surface area contributed by atoms with E-state index in [1.807, 2.05) is 0 Å². The van der Waals surface area contributed by atoms with Crippen LogP contribution in [0.4, 0.5) is 0 Å². The second-order valence-corrected chi connectivity index (χ2v) is 5.95. The normalized spacial score (nSPS) is 29.8. The Bertz CT molecular complexity index is 535. The summed E-state index contributed by atoms with van der Waals surface area (Å²) >= 11 is 0. The Hall–Kier alpha value is -1.68. The number of amides is 2. The van der Waals surface area contributed by atoms with Crippen LogP contribution in [0.5, 0.6) is 0 Å². The van der Waals surface area contributed by atoms with Gasteiger partial charge in [-0.1, -0.05) is 29.8 Å². The number of carbonyl (C=O) groups excluding carboxylic acids is 2. The molecule has 0 bridgehead atoms. The van der Waals surface area contributed by atoms with Crippen LogP contribution in [0.3, 0.4) is 0 Å². The topological polar surface area (TPSA) is 58.2 Å². The lowest BCUT2D eigenvalue weighted by molar-refractivity contribution is -0.135. The first-order valence-electron chi connectivity index (χ1n) is 7.28. The summed E-state index contributed by atoms with van der Waals surface area (Å²) in [5.74, 6) is 0.278. The number of rotatable bonds is 3. The molecule has 1 aliphatic carbocycles. The Labute approximate surface area is 118 Å². The van der Waals surface area contributed by atoms with Crippen LogP contribution in [0.25, 0.3) is 0 Å². The molecular formula is C16H20N2O2. The summed E-state index contributed by atoms with van der Waals surface area (Å²) in [6.07, 6.45) is 3.20. The number of carbonyl (C=O) groups is 2. The van der Waals surface area contributed by atoms with E-state index in [2.05, 4.69) is 41.8 Å². The van der Waals surface area contributed by atoms with Gasteiger partial charge in [-0.3, -0.25) is 14.9 Å². The van der Waals surface area contributed by atoms with Crippen molar-refractivity contribution in [2.45, 2.75) is 50.6 Å². The molecule has 2 amide bonds. The highest BCUT2D eigenvalue weighted by Crippen LogP contribution is 2.37. The van der Waals surface area contributed by atoms with Gasteiger partial charge in [0.15, 0.2) is 0 Å². The lowest BCUT2D eigenvalue weighted by Gasteiger charge is -2.39. The maximum atomic E-state index is 11.7. The van der Waals surface area contributed by atoms with Gasteiger partial charge in [0, 0.05) is 12.5 Å². The summed E-state index contributed by atoms with van der Waals surface area (Å²) in [7, 11) is 0. The van der Waals surface area contributed by atoms with E-state index in [1.165, 1.54) is 11.1 Å². The zero-order valence-corrected chi connectivity index (χ0v) is 11.7. The lowest BCUT2D eigenvalue weighted by Crippen LogP contribution is -2.55. The summed E-state index contributed by atoms with van der Waals surface area (Å²) in [5.41, 5.74) is 2.69. The fraction of sp³-hybridized carbons (Fsp3) is 0.500. The molecular weight excluding hydrogens is 252 g/mol. The van der Waals surface area contributed by atoms with E-state index in [0.29, 0.717) is 24.8 Å². The van der Waals surface area contributed by atoms with E-state index in [0.717, 1.165) is 12.8 Å².